The molecule has 0 saturated carbocycles. The van der Waals surface area contributed by atoms with Crippen LogP contribution in [0.15, 0.2) is 0 Å². The number of carboxylic acids is 1. The number of halogens is 3. The molecular weight excluding hydrogens is 264 g/mol. The molecule has 1 aromatic rings. The summed E-state index contributed by atoms with van der Waals surface area (Å²) >= 11 is 11.0. The Hall–Kier alpha value is -1.31. The third-order valence-electron chi connectivity index (χ3n) is 1.37. The number of hydrogen-bond donors (Lipinski definition) is 3. The van der Waals surface area contributed by atoms with Crippen LogP contribution < -0.4 is 16.6 Å². The Labute approximate surface area is 99.7 Å². The highest BCUT2D eigenvalue weighted by molar-refractivity contribution is 6.39. The molecule has 90 valence electrons. The predicted molar refractivity (Wildman–Crippen MR) is 56.8 cm³/mol. The number of rotatable bonds is 3. The molecule has 0 bridgehead atoms. The number of nitrogens with two attached hydrogens (primary N) is 1. The number of nitrogen functional groups attached to an aromatic ring is 1. The largest absolute Gasteiger partial charge is 0.479 e. The van der Waals surface area contributed by atoms with Gasteiger partial charge in [-0.1, -0.05) is 23.2 Å². The topological polar surface area (TPSA) is 120 Å². The first-order valence-corrected chi connectivity index (χ1v) is 4.33. The standard InChI is InChI=1S/C7H5Cl2FN2O3.H3N/c8-3-5(11)4(9)7(12-6(3)10)15-1-2(13)14;/h1H2,(H2,11,12)(H,13,14);1H3. The maximum atomic E-state index is 12.9. The van der Waals surface area contributed by atoms with Crippen LogP contribution in [0.3, 0.4) is 0 Å². The van der Waals surface area contributed by atoms with Gasteiger partial charge >= 0.3 is 5.97 Å². The van der Waals surface area contributed by atoms with E-state index in [4.69, 9.17) is 34.0 Å². The van der Waals surface area contributed by atoms with Crippen LogP contribution >= 0.6 is 23.2 Å². The lowest BCUT2D eigenvalue weighted by Gasteiger charge is -2.07. The van der Waals surface area contributed by atoms with E-state index in [1.54, 1.807) is 0 Å². The molecular formula is C7H8Cl2FN3O3. The van der Waals surface area contributed by atoms with Gasteiger partial charge in [0.1, 0.15) is 10.0 Å². The first kappa shape index (κ1) is 14.7. The fraction of sp³-hybridized carbons (Fsp3) is 0.143. The van der Waals surface area contributed by atoms with E-state index in [1.165, 1.54) is 0 Å². The number of anilines is 1. The third-order valence-corrected chi connectivity index (χ3v) is 2.10. The molecule has 0 aliphatic rings. The van der Waals surface area contributed by atoms with E-state index in [0.29, 0.717) is 0 Å². The minimum Gasteiger partial charge on any atom is -0.479 e. The van der Waals surface area contributed by atoms with Gasteiger partial charge in [-0.3, -0.25) is 0 Å². The summed E-state index contributed by atoms with van der Waals surface area (Å²) in [6.07, 6.45) is 0. The summed E-state index contributed by atoms with van der Waals surface area (Å²) in [5.41, 5.74) is 5.07. The molecule has 0 radical (unpaired) electrons. The summed E-state index contributed by atoms with van der Waals surface area (Å²) in [6, 6.07) is 0. The fourth-order valence-corrected chi connectivity index (χ4v) is 1.11. The highest BCUT2D eigenvalue weighted by Gasteiger charge is 2.16. The van der Waals surface area contributed by atoms with Gasteiger partial charge < -0.3 is 21.7 Å². The number of nitrogens with zero attached hydrogens (tertiary/aromatic N) is 1. The molecule has 0 fully saturated rings. The summed E-state index contributed by atoms with van der Waals surface area (Å²) in [4.78, 5) is 13.4. The van der Waals surface area contributed by atoms with Crippen LogP contribution in [0, 0.1) is 5.95 Å². The van der Waals surface area contributed by atoms with Gasteiger partial charge in [-0.05, 0) is 0 Å². The molecule has 9 heteroatoms. The Bertz CT molecular complexity index is 416. The van der Waals surface area contributed by atoms with Crippen molar-refractivity contribution in [1.82, 2.24) is 11.1 Å². The quantitative estimate of drug-likeness (QED) is 0.720. The van der Waals surface area contributed by atoms with Gasteiger partial charge in [0.05, 0.1) is 5.69 Å². The van der Waals surface area contributed by atoms with Crippen LogP contribution in [0.4, 0.5) is 10.1 Å². The molecule has 0 atom stereocenters. The van der Waals surface area contributed by atoms with Gasteiger partial charge in [-0.2, -0.15) is 9.37 Å². The molecule has 0 aliphatic heterocycles. The summed E-state index contributed by atoms with van der Waals surface area (Å²) < 4.78 is 17.5. The molecule has 0 aromatic carbocycles. The monoisotopic (exact) mass is 271 g/mol. The van der Waals surface area contributed by atoms with Gasteiger partial charge in [-0.15, -0.1) is 0 Å². The molecule has 0 amide bonds. The summed E-state index contributed by atoms with van der Waals surface area (Å²) in [6.45, 7) is -0.701. The number of aromatic nitrogens is 1. The molecule has 16 heavy (non-hydrogen) atoms. The number of carboxylic acid groups (broad SMARTS) is 1. The smallest absolute Gasteiger partial charge is 0.341 e. The van der Waals surface area contributed by atoms with Gasteiger partial charge in [-0.25, -0.2) is 4.79 Å². The summed E-state index contributed by atoms with van der Waals surface area (Å²) in [5.74, 6) is -2.72. The Morgan fingerprint density at radius 3 is 2.56 bits per heavy atom. The molecule has 0 aliphatic carbocycles. The van der Waals surface area contributed by atoms with Crippen LogP contribution in [-0.2, 0) is 4.79 Å². The van der Waals surface area contributed by atoms with E-state index in [-0.39, 0.29) is 16.9 Å². The van der Waals surface area contributed by atoms with E-state index in [0.717, 1.165) is 0 Å². The van der Waals surface area contributed by atoms with Crippen LogP contribution in [-0.4, -0.2) is 22.7 Å². The van der Waals surface area contributed by atoms with Crippen molar-refractivity contribution in [1.29, 1.82) is 0 Å². The second kappa shape index (κ2) is 5.69. The maximum absolute atomic E-state index is 12.9. The van der Waals surface area contributed by atoms with E-state index >= 15 is 0 Å². The minimum absolute atomic E-state index is 0. The van der Waals surface area contributed by atoms with E-state index in [9.17, 15) is 9.18 Å². The Balaban J connectivity index is 0.00000225. The van der Waals surface area contributed by atoms with Gasteiger partial charge in [0.25, 0.3) is 0 Å². The summed E-state index contributed by atoms with van der Waals surface area (Å²) in [7, 11) is 0. The number of ether oxygens (including phenoxy) is 1. The van der Waals surface area contributed by atoms with Crippen molar-refractivity contribution in [3.8, 4) is 5.88 Å². The van der Waals surface area contributed by atoms with Crippen LogP contribution in [0.5, 0.6) is 5.88 Å². The zero-order valence-corrected chi connectivity index (χ0v) is 9.35. The lowest BCUT2D eigenvalue weighted by molar-refractivity contribution is -0.139. The van der Waals surface area contributed by atoms with Gasteiger partial charge in [0, 0.05) is 0 Å². The summed E-state index contributed by atoms with van der Waals surface area (Å²) in [5, 5.41) is 7.66. The molecule has 1 aromatic heterocycles. The Morgan fingerprint density at radius 1 is 1.50 bits per heavy atom. The first-order valence-electron chi connectivity index (χ1n) is 3.58. The van der Waals surface area contributed by atoms with Gasteiger partial charge in [0.15, 0.2) is 6.61 Å². The van der Waals surface area contributed by atoms with Gasteiger partial charge in [0.2, 0.25) is 11.8 Å². The number of hydrogen-bond acceptors (Lipinski definition) is 5. The minimum atomic E-state index is -1.25. The molecule has 1 rings (SSSR count). The molecule has 0 unspecified atom stereocenters. The highest BCUT2D eigenvalue weighted by Crippen LogP contribution is 2.35. The van der Waals surface area contributed by atoms with E-state index < -0.39 is 29.4 Å². The van der Waals surface area contributed by atoms with Crippen molar-refractivity contribution >= 4 is 34.9 Å². The van der Waals surface area contributed by atoms with Crippen molar-refractivity contribution in [3.63, 3.8) is 0 Å². The van der Waals surface area contributed by atoms with Crippen molar-refractivity contribution in [2.45, 2.75) is 0 Å². The first-order chi connectivity index (χ1) is 6.93. The molecule has 0 spiro atoms. The zero-order valence-electron chi connectivity index (χ0n) is 7.84. The Kier molecular flexibility index (Phi) is 5.22. The third kappa shape index (κ3) is 3.09. The van der Waals surface area contributed by atoms with Crippen LogP contribution in [0.25, 0.3) is 0 Å². The second-order valence-corrected chi connectivity index (χ2v) is 3.19. The highest BCUT2D eigenvalue weighted by atomic mass is 35.5. The van der Waals surface area contributed by atoms with Crippen LogP contribution in [0.2, 0.25) is 10.0 Å². The molecule has 6 N–H and O–H groups in total. The lowest BCUT2D eigenvalue weighted by atomic mass is 10.4. The molecule has 6 nitrogen and oxygen atoms in total. The number of carbonyl (C=O) groups is 1. The van der Waals surface area contributed by atoms with Crippen molar-refractivity contribution < 1.29 is 19.0 Å². The normalized spacial score (nSPS) is 9.44. The molecule has 0 saturated heterocycles. The van der Waals surface area contributed by atoms with Crippen molar-refractivity contribution in [3.05, 3.63) is 16.0 Å². The SMILES string of the molecule is N.Nc1c(Cl)c(F)nc(OCC(=O)O)c1Cl. The Morgan fingerprint density at radius 2 is 2.06 bits per heavy atom. The van der Waals surface area contributed by atoms with E-state index in [1.807, 2.05) is 0 Å². The van der Waals surface area contributed by atoms with Crippen molar-refractivity contribution in [2.24, 2.45) is 0 Å². The predicted octanol–water partition coefficient (Wildman–Crippen LogP) is 1.74. The number of pyridine rings is 1. The van der Waals surface area contributed by atoms with Crippen molar-refractivity contribution in [2.75, 3.05) is 12.3 Å². The maximum Gasteiger partial charge on any atom is 0.341 e. The second-order valence-electron chi connectivity index (χ2n) is 2.43. The lowest BCUT2D eigenvalue weighted by Crippen LogP contribution is -2.11. The number of aliphatic carboxylic acids is 1. The van der Waals surface area contributed by atoms with Crippen LogP contribution in [0.1, 0.15) is 0 Å². The van der Waals surface area contributed by atoms with E-state index in [2.05, 4.69) is 9.72 Å². The average molecular weight is 272 g/mol. The fourth-order valence-electron chi connectivity index (χ4n) is 0.736. The molecule has 1 heterocycles. The zero-order chi connectivity index (χ0) is 11.6. The average Bonchev–Trinajstić information content (AvgIpc) is 2.18.